The molecule has 0 radical (unpaired) electrons. The summed E-state index contributed by atoms with van der Waals surface area (Å²) >= 11 is 0. The van der Waals surface area contributed by atoms with E-state index in [0.29, 0.717) is 5.69 Å². The zero-order valence-electron chi connectivity index (χ0n) is 9.69. The van der Waals surface area contributed by atoms with Gasteiger partial charge in [-0.05, 0) is 44.0 Å². The first-order valence-electron chi connectivity index (χ1n) is 5.22. The van der Waals surface area contributed by atoms with Crippen LogP contribution >= 0.6 is 0 Å². The summed E-state index contributed by atoms with van der Waals surface area (Å²) in [6.07, 6.45) is 1.69. The van der Waals surface area contributed by atoms with Gasteiger partial charge in [0.25, 0.3) is 0 Å². The molecule has 2 aromatic rings. The molecule has 82 valence electrons. The van der Waals surface area contributed by atoms with Crippen molar-refractivity contribution in [1.29, 1.82) is 0 Å². The van der Waals surface area contributed by atoms with E-state index in [9.17, 15) is 4.79 Å². The van der Waals surface area contributed by atoms with Gasteiger partial charge >= 0.3 is 0 Å². The van der Waals surface area contributed by atoms with Crippen molar-refractivity contribution in [2.45, 2.75) is 20.8 Å². The van der Waals surface area contributed by atoms with Crippen molar-refractivity contribution < 1.29 is 0 Å². The van der Waals surface area contributed by atoms with Gasteiger partial charge in [-0.3, -0.25) is 4.79 Å². The Bertz CT molecular complexity index is 585. The lowest BCUT2D eigenvalue weighted by Gasteiger charge is -2.08. The van der Waals surface area contributed by atoms with Gasteiger partial charge in [0.15, 0.2) is 0 Å². The van der Waals surface area contributed by atoms with Gasteiger partial charge in [-0.2, -0.15) is 5.10 Å². The molecule has 2 rings (SSSR count). The average molecular weight is 214 g/mol. The molecule has 1 heterocycles. The van der Waals surface area contributed by atoms with Crippen LogP contribution in [0.2, 0.25) is 0 Å². The molecule has 0 amide bonds. The molecule has 0 aliphatic rings. The summed E-state index contributed by atoms with van der Waals surface area (Å²) in [7, 11) is 0. The minimum absolute atomic E-state index is 0.0277. The molecule has 0 saturated carbocycles. The van der Waals surface area contributed by atoms with E-state index in [1.165, 1.54) is 17.2 Å². The molecule has 0 aliphatic heterocycles. The monoisotopic (exact) mass is 214 g/mol. The summed E-state index contributed by atoms with van der Waals surface area (Å²) in [5, 5.41) is 4.22. The second-order valence-electron chi connectivity index (χ2n) is 3.98. The van der Waals surface area contributed by atoms with E-state index in [-0.39, 0.29) is 5.43 Å². The van der Waals surface area contributed by atoms with Gasteiger partial charge in [0.2, 0.25) is 5.43 Å². The van der Waals surface area contributed by atoms with Gasteiger partial charge in [0.05, 0.1) is 5.69 Å². The van der Waals surface area contributed by atoms with E-state index in [2.05, 4.69) is 31.1 Å². The molecule has 0 N–H and O–H groups in total. The normalized spacial score (nSPS) is 10.4. The van der Waals surface area contributed by atoms with Crippen LogP contribution in [-0.2, 0) is 0 Å². The van der Waals surface area contributed by atoms with E-state index >= 15 is 0 Å². The van der Waals surface area contributed by atoms with Crippen molar-refractivity contribution in [3.05, 3.63) is 57.5 Å². The molecule has 0 aliphatic carbocycles. The summed E-state index contributed by atoms with van der Waals surface area (Å²) in [6, 6.07) is 7.66. The second-order valence-corrected chi connectivity index (χ2v) is 3.98. The van der Waals surface area contributed by atoms with Crippen LogP contribution in [0.3, 0.4) is 0 Å². The Labute approximate surface area is 94.4 Å². The number of aryl methyl sites for hydroxylation is 3. The summed E-state index contributed by atoms with van der Waals surface area (Å²) in [5.41, 5.74) is 3.93. The maximum absolute atomic E-state index is 11.2. The van der Waals surface area contributed by atoms with E-state index in [4.69, 9.17) is 0 Å². The van der Waals surface area contributed by atoms with E-state index in [1.807, 2.05) is 6.07 Å². The Morgan fingerprint density at radius 3 is 2.44 bits per heavy atom. The molecular formula is C13H14N2O. The third-order valence-corrected chi connectivity index (χ3v) is 2.74. The van der Waals surface area contributed by atoms with Crippen molar-refractivity contribution in [3.8, 4) is 5.69 Å². The maximum atomic E-state index is 11.2. The highest BCUT2D eigenvalue weighted by molar-refractivity contribution is 5.38. The SMILES string of the molecule is Cc1ccc(-n2ccc(=O)c(C)n2)cc1C. The molecule has 0 saturated heterocycles. The van der Waals surface area contributed by atoms with Crippen LogP contribution in [0.4, 0.5) is 0 Å². The minimum Gasteiger partial charge on any atom is -0.288 e. The molecule has 16 heavy (non-hydrogen) atoms. The van der Waals surface area contributed by atoms with Crippen LogP contribution in [0.15, 0.2) is 35.3 Å². The van der Waals surface area contributed by atoms with Crippen LogP contribution in [-0.4, -0.2) is 9.78 Å². The molecule has 3 nitrogen and oxygen atoms in total. The van der Waals surface area contributed by atoms with Crippen LogP contribution < -0.4 is 5.43 Å². The summed E-state index contributed by atoms with van der Waals surface area (Å²) in [4.78, 5) is 11.2. The number of nitrogens with zero attached hydrogens (tertiary/aromatic N) is 2. The van der Waals surface area contributed by atoms with Crippen molar-refractivity contribution >= 4 is 0 Å². The Balaban J connectivity index is 2.54. The first kappa shape index (κ1) is 10.6. The fraction of sp³-hybridized carbons (Fsp3) is 0.231. The molecule has 0 bridgehead atoms. The Hall–Kier alpha value is -1.90. The standard InChI is InChI=1S/C13H14N2O/c1-9-4-5-12(8-10(9)2)15-7-6-13(16)11(3)14-15/h4-8H,1-3H3. The lowest BCUT2D eigenvalue weighted by molar-refractivity contribution is 0.808. The average Bonchev–Trinajstić information content (AvgIpc) is 2.26. The molecule has 1 aromatic carbocycles. The number of aromatic nitrogens is 2. The maximum Gasteiger partial charge on any atom is 0.203 e. The molecular weight excluding hydrogens is 200 g/mol. The lowest BCUT2D eigenvalue weighted by Crippen LogP contribution is -2.12. The third-order valence-electron chi connectivity index (χ3n) is 2.74. The van der Waals surface area contributed by atoms with Gasteiger partial charge < -0.3 is 0 Å². The Morgan fingerprint density at radius 1 is 1.06 bits per heavy atom. The fourth-order valence-corrected chi connectivity index (χ4v) is 1.52. The topological polar surface area (TPSA) is 34.9 Å². The quantitative estimate of drug-likeness (QED) is 0.729. The predicted molar refractivity (Wildman–Crippen MR) is 64.0 cm³/mol. The van der Waals surface area contributed by atoms with Gasteiger partial charge in [0.1, 0.15) is 5.69 Å². The highest BCUT2D eigenvalue weighted by atomic mass is 16.1. The van der Waals surface area contributed by atoms with Gasteiger partial charge in [-0.25, -0.2) is 4.68 Å². The van der Waals surface area contributed by atoms with E-state index < -0.39 is 0 Å². The number of hydrogen-bond donors (Lipinski definition) is 0. The summed E-state index contributed by atoms with van der Waals surface area (Å²) < 4.78 is 1.73. The van der Waals surface area contributed by atoms with Crippen molar-refractivity contribution in [2.75, 3.05) is 0 Å². The van der Waals surface area contributed by atoms with Crippen LogP contribution in [0.25, 0.3) is 5.69 Å². The first-order valence-corrected chi connectivity index (χ1v) is 5.22. The molecule has 0 atom stereocenters. The Kier molecular flexibility index (Phi) is 2.60. The van der Waals surface area contributed by atoms with Crippen molar-refractivity contribution in [3.63, 3.8) is 0 Å². The molecule has 3 heteroatoms. The zero-order chi connectivity index (χ0) is 11.7. The summed E-state index contributed by atoms with van der Waals surface area (Å²) in [6.45, 7) is 5.86. The molecule has 0 unspecified atom stereocenters. The van der Waals surface area contributed by atoms with Crippen LogP contribution in [0.5, 0.6) is 0 Å². The lowest BCUT2D eigenvalue weighted by atomic mass is 10.1. The second kappa shape index (κ2) is 3.93. The largest absolute Gasteiger partial charge is 0.288 e. The van der Waals surface area contributed by atoms with Gasteiger partial charge in [0, 0.05) is 12.3 Å². The van der Waals surface area contributed by atoms with E-state index in [1.54, 1.807) is 17.8 Å². The highest BCUT2D eigenvalue weighted by Gasteiger charge is 2.00. The van der Waals surface area contributed by atoms with Crippen LogP contribution in [0.1, 0.15) is 16.8 Å². The number of hydrogen-bond acceptors (Lipinski definition) is 2. The minimum atomic E-state index is -0.0277. The van der Waals surface area contributed by atoms with Crippen molar-refractivity contribution in [2.24, 2.45) is 0 Å². The van der Waals surface area contributed by atoms with Gasteiger partial charge in [-0.1, -0.05) is 6.07 Å². The zero-order valence-corrected chi connectivity index (χ0v) is 9.69. The number of benzene rings is 1. The van der Waals surface area contributed by atoms with Crippen molar-refractivity contribution in [1.82, 2.24) is 9.78 Å². The molecule has 0 fully saturated rings. The predicted octanol–water partition coefficient (Wildman–Crippen LogP) is 2.16. The van der Waals surface area contributed by atoms with E-state index in [0.717, 1.165) is 5.69 Å². The fourth-order valence-electron chi connectivity index (χ4n) is 1.52. The molecule has 0 spiro atoms. The first-order chi connectivity index (χ1) is 7.58. The Morgan fingerprint density at radius 2 is 1.81 bits per heavy atom. The summed E-state index contributed by atoms with van der Waals surface area (Å²) in [5.74, 6) is 0. The highest BCUT2D eigenvalue weighted by Crippen LogP contribution is 2.12. The third kappa shape index (κ3) is 1.89. The van der Waals surface area contributed by atoms with Crippen LogP contribution in [0, 0.1) is 20.8 Å². The van der Waals surface area contributed by atoms with Gasteiger partial charge in [-0.15, -0.1) is 0 Å². The smallest absolute Gasteiger partial charge is 0.203 e. The molecule has 1 aromatic heterocycles. The number of rotatable bonds is 1.